The molecule has 3 rings (SSSR count). The lowest BCUT2D eigenvalue weighted by molar-refractivity contribution is 0.0793. The number of carbonyl (C=O) groups excluding carboxylic acids is 1. The van der Waals surface area contributed by atoms with Gasteiger partial charge in [-0.05, 0) is 37.1 Å². The molecule has 0 radical (unpaired) electrons. The van der Waals surface area contributed by atoms with Crippen molar-refractivity contribution in [1.82, 2.24) is 9.88 Å². The molecule has 6 heteroatoms. The Kier molecular flexibility index (Phi) is 5.07. The van der Waals surface area contributed by atoms with Crippen molar-refractivity contribution in [3.63, 3.8) is 0 Å². The second-order valence-electron chi connectivity index (χ2n) is 5.81. The fourth-order valence-electron chi connectivity index (χ4n) is 3.12. The van der Waals surface area contributed by atoms with Gasteiger partial charge in [0.2, 0.25) is 5.75 Å². The van der Waals surface area contributed by atoms with Gasteiger partial charge in [-0.15, -0.1) is 0 Å². The first-order valence-electron chi connectivity index (χ1n) is 8.24. The van der Waals surface area contributed by atoms with Crippen molar-refractivity contribution in [3.05, 3.63) is 36.0 Å². The topological polar surface area (TPSA) is 60.9 Å². The standard InChI is InChI=1S/C19H22N2O4/c1-23-15-11-13(12-16(24-2)18(15)25-3)17-14(7-6-8-20-17)19(22)21-9-4-5-10-21/h6-8,11-12H,4-5,9-10H2,1-3H3. The van der Waals surface area contributed by atoms with Crippen LogP contribution in [0.1, 0.15) is 23.2 Å². The van der Waals surface area contributed by atoms with Crippen molar-refractivity contribution in [2.45, 2.75) is 12.8 Å². The van der Waals surface area contributed by atoms with Crippen LogP contribution in [0.3, 0.4) is 0 Å². The maximum absolute atomic E-state index is 12.9. The van der Waals surface area contributed by atoms with Gasteiger partial charge in [0.25, 0.3) is 5.91 Å². The number of carbonyl (C=O) groups is 1. The van der Waals surface area contributed by atoms with Crippen LogP contribution in [-0.2, 0) is 0 Å². The zero-order valence-corrected chi connectivity index (χ0v) is 14.7. The number of aromatic nitrogens is 1. The Hall–Kier alpha value is -2.76. The van der Waals surface area contributed by atoms with E-state index in [0.717, 1.165) is 31.5 Å². The summed E-state index contributed by atoms with van der Waals surface area (Å²) in [7, 11) is 4.69. The Morgan fingerprint density at radius 2 is 1.68 bits per heavy atom. The highest BCUT2D eigenvalue weighted by atomic mass is 16.5. The molecular formula is C19H22N2O4. The SMILES string of the molecule is COc1cc(-c2ncccc2C(=O)N2CCCC2)cc(OC)c1OC. The molecule has 0 bridgehead atoms. The number of rotatable bonds is 5. The third-order valence-electron chi connectivity index (χ3n) is 4.37. The predicted octanol–water partition coefficient (Wildman–Crippen LogP) is 3.01. The summed E-state index contributed by atoms with van der Waals surface area (Å²) in [6.45, 7) is 1.59. The van der Waals surface area contributed by atoms with Crippen LogP contribution in [-0.4, -0.2) is 50.2 Å². The molecule has 0 N–H and O–H groups in total. The third-order valence-corrected chi connectivity index (χ3v) is 4.37. The Balaban J connectivity index is 2.09. The van der Waals surface area contributed by atoms with Crippen LogP contribution < -0.4 is 14.2 Å². The molecule has 1 aliphatic rings. The summed E-state index contributed by atoms with van der Waals surface area (Å²) in [5, 5.41) is 0. The Bertz CT molecular complexity index is 745. The van der Waals surface area contributed by atoms with Crippen LogP contribution in [0.25, 0.3) is 11.3 Å². The first kappa shape index (κ1) is 17.1. The zero-order valence-electron chi connectivity index (χ0n) is 14.7. The summed E-state index contributed by atoms with van der Waals surface area (Å²) >= 11 is 0. The number of amides is 1. The van der Waals surface area contributed by atoms with Crippen molar-refractivity contribution in [2.24, 2.45) is 0 Å². The van der Waals surface area contributed by atoms with Gasteiger partial charge in [-0.2, -0.15) is 0 Å². The molecule has 1 aromatic heterocycles. The van der Waals surface area contributed by atoms with Gasteiger partial charge in [-0.3, -0.25) is 9.78 Å². The van der Waals surface area contributed by atoms with Gasteiger partial charge in [0.1, 0.15) is 0 Å². The summed E-state index contributed by atoms with van der Waals surface area (Å²) in [5.41, 5.74) is 1.94. The summed E-state index contributed by atoms with van der Waals surface area (Å²) in [6.07, 6.45) is 3.77. The minimum absolute atomic E-state index is 0.00866. The van der Waals surface area contributed by atoms with E-state index in [2.05, 4.69) is 4.98 Å². The number of hydrogen-bond donors (Lipinski definition) is 0. The van der Waals surface area contributed by atoms with Gasteiger partial charge < -0.3 is 19.1 Å². The maximum Gasteiger partial charge on any atom is 0.256 e. The van der Waals surface area contributed by atoms with Crippen LogP contribution in [0.2, 0.25) is 0 Å². The molecule has 2 aromatic rings. The Morgan fingerprint density at radius 1 is 1.04 bits per heavy atom. The minimum atomic E-state index is 0.00866. The van der Waals surface area contributed by atoms with Gasteiger partial charge >= 0.3 is 0 Å². The van der Waals surface area contributed by atoms with Gasteiger partial charge in [-0.25, -0.2) is 0 Å². The molecule has 1 aromatic carbocycles. The molecule has 0 spiro atoms. The summed E-state index contributed by atoms with van der Waals surface area (Å²) in [5.74, 6) is 1.58. The monoisotopic (exact) mass is 342 g/mol. The fraction of sp³-hybridized carbons (Fsp3) is 0.368. The van der Waals surface area contributed by atoms with Crippen molar-refractivity contribution in [3.8, 4) is 28.5 Å². The van der Waals surface area contributed by atoms with Gasteiger partial charge in [0.15, 0.2) is 11.5 Å². The number of pyridine rings is 1. The fourth-order valence-corrected chi connectivity index (χ4v) is 3.12. The van der Waals surface area contributed by atoms with Crippen molar-refractivity contribution in [2.75, 3.05) is 34.4 Å². The predicted molar refractivity (Wildman–Crippen MR) is 94.5 cm³/mol. The van der Waals surface area contributed by atoms with Crippen molar-refractivity contribution in [1.29, 1.82) is 0 Å². The maximum atomic E-state index is 12.9. The van der Waals surface area contributed by atoms with E-state index < -0.39 is 0 Å². The van der Waals surface area contributed by atoms with Crippen LogP contribution in [0.4, 0.5) is 0 Å². The van der Waals surface area contributed by atoms with Crippen LogP contribution >= 0.6 is 0 Å². The Morgan fingerprint density at radius 3 is 2.24 bits per heavy atom. The molecule has 6 nitrogen and oxygen atoms in total. The molecule has 132 valence electrons. The molecule has 0 saturated carbocycles. The highest BCUT2D eigenvalue weighted by Crippen LogP contribution is 2.41. The smallest absolute Gasteiger partial charge is 0.256 e. The second kappa shape index (κ2) is 7.42. The van der Waals surface area contributed by atoms with E-state index in [-0.39, 0.29) is 5.91 Å². The van der Waals surface area contributed by atoms with Crippen LogP contribution in [0.5, 0.6) is 17.2 Å². The largest absolute Gasteiger partial charge is 0.493 e. The number of nitrogens with zero attached hydrogens (tertiary/aromatic N) is 2. The van der Waals surface area contributed by atoms with Crippen molar-refractivity contribution >= 4 is 5.91 Å². The van der Waals surface area contributed by atoms with Crippen LogP contribution in [0, 0.1) is 0 Å². The summed E-state index contributed by atoms with van der Waals surface area (Å²) < 4.78 is 16.2. The summed E-state index contributed by atoms with van der Waals surface area (Å²) in [4.78, 5) is 19.2. The highest BCUT2D eigenvalue weighted by molar-refractivity contribution is 6.00. The quantitative estimate of drug-likeness (QED) is 0.836. The summed E-state index contributed by atoms with van der Waals surface area (Å²) in [6, 6.07) is 7.21. The number of hydrogen-bond acceptors (Lipinski definition) is 5. The lowest BCUT2D eigenvalue weighted by atomic mass is 10.0. The minimum Gasteiger partial charge on any atom is -0.493 e. The molecular weight excluding hydrogens is 320 g/mol. The van der Waals surface area contributed by atoms with Gasteiger partial charge in [-0.1, -0.05) is 0 Å². The average molecular weight is 342 g/mol. The molecule has 2 heterocycles. The highest BCUT2D eigenvalue weighted by Gasteiger charge is 2.24. The average Bonchev–Trinajstić information content (AvgIpc) is 3.20. The Labute approximate surface area is 147 Å². The second-order valence-corrected chi connectivity index (χ2v) is 5.81. The van der Waals surface area contributed by atoms with E-state index in [4.69, 9.17) is 14.2 Å². The number of likely N-dealkylation sites (tertiary alicyclic amines) is 1. The van der Waals surface area contributed by atoms with E-state index in [1.165, 1.54) is 0 Å². The lowest BCUT2D eigenvalue weighted by Gasteiger charge is -2.18. The van der Waals surface area contributed by atoms with E-state index in [9.17, 15) is 4.79 Å². The van der Waals surface area contributed by atoms with Gasteiger partial charge in [0, 0.05) is 24.8 Å². The lowest BCUT2D eigenvalue weighted by Crippen LogP contribution is -2.28. The number of benzene rings is 1. The number of ether oxygens (including phenoxy) is 3. The normalized spacial score (nSPS) is 13.6. The zero-order chi connectivity index (χ0) is 17.8. The molecule has 1 aliphatic heterocycles. The van der Waals surface area contributed by atoms with E-state index >= 15 is 0 Å². The molecule has 0 unspecified atom stereocenters. The van der Waals surface area contributed by atoms with Crippen molar-refractivity contribution < 1.29 is 19.0 Å². The van der Waals surface area contributed by atoms with E-state index in [0.29, 0.717) is 28.5 Å². The number of methoxy groups -OCH3 is 3. The molecule has 1 saturated heterocycles. The third kappa shape index (κ3) is 3.24. The molecule has 25 heavy (non-hydrogen) atoms. The first-order valence-corrected chi connectivity index (χ1v) is 8.24. The first-order chi connectivity index (χ1) is 12.2. The van der Waals surface area contributed by atoms with E-state index in [1.807, 2.05) is 23.1 Å². The van der Waals surface area contributed by atoms with E-state index in [1.54, 1.807) is 33.6 Å². The van der Waals surface area contributed by atoms with Gasteiger partial charge in [0.05, 0.1) is 32.6 Å². The molecule has 1 amide bonds. The molecule has 1 fully saturated rings. The molecule has 0 atom stereocenters. The molecule has 0 aliphatic carbocycles. The van der Waals surface area contributed by atoms with Crippen LogP contribution in [0.15, 0.2) is 30.5 Å².